The molecule has 108 valence electrons. The minimum Gasteiger partial charge on any atom is -0.339 e. The zero-order chi connectivity index (χ0) is 14.5. The lowest BCUT2D eigenvalue weighted by molar-refractivity contribution is -0.130. The van der Waals surface area contributed by atoms with Crippen LogP contribution < -0.4 is 0 Å². The first kappa shape index (κ1) is 14.9. The molecule has 1 aliphatic heterocycles. The van der Waals surface area contributed by atoms with Crippen molar-refractivity contribution in [1.82, 2.24) is 9.80 Å². The van der Waals surface area contributed by atoms with Gasteiger partial charge in [0.05, 0.1) is 0 Å². The molecule has 0 spiro atoms. The molecule has 0 aromatic heterocycles. The number of carbonyl (C=O) groups excluding carboxylic acids is 2. The van der Waals surface area contributed by atoms with Gasteiger partial charge >= 0.3 is 0 Å². The third-order valence-electron chi connectivity index (χ3n) is 3.52. The molecule has 1 aliphatic rings. The summed E-state index contributed by atoms with van der Waals surface area (Å²) in [5.41, 5.74) is 1.96. The highest BCUT2D eigenvalue weighted by Crippen LogP contribution is 2.13. The van der Waals surface area contributed by atoms with Crippen LogP contribution >= 0.6 is 11.8 Å². The Morgan fingerprint density at radius 1 is 1.05 bits per heavy atom. The highest BCUT2D eigenvalue weighted by molar-refractivity contribution is 7.97. The van der Waals surface area contributed by atoms with Gasteiger partial charge in [0.1, 0.15) is 0 Å². The molecule has 0 saturated carbocycles. The Bertz CT molecular complexity index is 479. The van der Waals surface area contributed by atoms with Crippen LogP contribution in [0.1, 0.15) is 22.8 Å². The quantitative estimate of drug-likeness (QED) is 0.854. The van der Waals surface area contributed by atoms with E-state index in [1.807, 2.05) is 29.2 Å². The molecule has 2 rings (SSSR count). The third-order valence-corrected chi connectivity index (χ3v) is 4.15. The molecule has 4 nitrogen and oxygen atoms in total. The van der Waals surface area contributed by atoms with Crippen molar-refractivity contribution in [3.05, 3.63) is 35.4 Å². The Morgan fingerprint density at radius 3 is 2.10 bits per heavy atom. The molecule has 1 fully saturated rings. The van der Waals surface area contributed by atoms with Gasteiger partial charge in [-0.3, -0.25) is 9.59 Å². The fraction of sp³-hybridized carbons (Fsp3) is 0.467. The van der Waals surface area contributed by atoms with E-state index in [0.29, 0.717) is 26.2 Å². The number of hydrogen-bond acceptors (Lipinski definition) is 3. The van der Waals surface area contributed by atoms with Crippen LogP contribution in [0.5, 0.6) is 0 Å². The van der Waals surface area contributed by atoms with Crippen molar-refractivity contribution in [2.45, 2.75) is 12.7 Å². The highest BCUT2D eigenvalue weighted by Gasteiger charge is 2.22. The van der Waals surface area contributed by atoms with Crippen molar-refractivity contribution < 1.29 is 9.59 Å². The minimum absolute atomic E-state index is 0.0592. The third kappa shape index (κ3) is 3.54. The van der Waals surface area contributed by atoms with Crippen LogP contribution in [-0.2, 0) is 10.5 Å². The van der Waals surface area contributed by atoms with E-state index in [4.69, 9.17) is 0 Å². The van der Waals surface area contributed by atoms with Gasteiger partial charge in [-0.15, -0.1) is 0 Å². The number of piperazine rings is 1. The average Bonchev–Trinajstić information content (AvgIpc) is 2.48. The Hall–Kier alpha value is -1.49. The zero-order valence-corrected chi connectivity index (χ0v) is 12.8. The molecule has 1 aromatic rings. The lowest BCUT2D eigenvalue weighted by Crippen LogP contribution is -2.50. The molecule has 20 heavy (non-hydrogen) atoms. The molecule has 0 radical (unpaired) electrons. The van der Waals surface area contributed by atoms with Gasteiger partial charge < -0.3 is 9.80 Å². The van der Waals surface area contributed by atoms with Gasteiger partial charge in [0, 0.05) is 44.4 Å². The molecule has 1 heterocycles. The van der Waals surface area contributed by atoms with Crippen LogP contribution in [0, 0.1) is 0 Å². The molecule has 1 saturated heterocycles. The largest absolute Gasteiger partial charge is 0.339 e. The van der Waals surface area contributed by atoms with E-state index in [1.165, 1.54) is 5.56 Å². The SMILES string of the molecule is CSCc1ccc(C(=O)N2CCN(C(C)=O)CC2)cc1. The van der Waals surface area contributed by atoms with E-state index in [1.54, 1.807) is 23.6 Å². The second kappa shape index (κ2) is 6.79. The van der Waals surface area contributed by atoms with Crippen molar-refractivity contribution in [2.24, 2.45) is 0 Å². The van der Waals surface area contributed by atoms with E-state index in [-0.39, 0.29) is 11.8 Å². The second-order valence-corrected chi connectivity index (χ2v) is 5.79. The first-order valence-corrected chi connectivity index (χ1v) is 8.14. The van der Waals surface area contributed by atoms with Crippen molar-refractivity contribution in [2.75, 3.05) is 32.4 Å². The van der Waals surface area contributed by atoms with E-state index in [0.717, 1.165) is 11.3 Å². The summed E-state index contributed by atoms with van der Waals surface area (Å²) in [6.07, 6.45) is 2.06. The predicted molar refractivity (Wildman–Crippen MR) is 81.8 cm³/mol. The number of nitrogens with zero attached hydrogens (tertiary/aromatic N) is 2. The molecule has 0 aliphatic carbocycles. The maximum Gasteiger partial charge on any atom is 0.253 e. The van der Waals surface area contributed by atoms with Crippen molar-refractivity contribution in [3.63, 3.8) is 0 Å². The van der Waals surface area contributed by atoms with Gasteiger partial charge in [0.2, 0.25) is 5.91 Å². The van der Waals surface area contributed by atoms with Crippen molar-refractivity contribution in [3.8, 4) is 0 Å². The monoisotopic (exact) mass is 292 g/mol. The minimum atomic E-state index is 0.0592. The van der Waals surface area contributed by atoms with E-state index < -0.39 is 0 Å². The first-order valence-electron chi connectivity index (χ1n) is 6.74. The highest BCUT2D eigenvalue weighted by atomic mass is 32.2. The summed E-state index contributed by atoms with van der Waals surface area (Å²) in [6.45, 7) is 4.06. The van der Waals surface area contributed by atoms with Crippen LogP contribution in [0.2, 0.25) is 0 Å². The molecule has 0 atom stereocenters. The number of amides is 2. The predicted octanol–water partition coefficient (Wildman–Crippen LogP) is 1.85. The number of benzene rings is 1. The smallest absolute Gasteiger partial charge is 0.253 e. The Labute approximate surface area is 124 Å². The van der Waals surface area contributed by atoms with Gasteiger partial charge in [0.15, 0.2) is 0 Å². The van der Waals surface area contributed by atoms with Crippen molar-refractivity contribution in [1.29, 1.82) is 0 Å². The summed E-state index contributed by atoms with van der Waals surface area (Å²) in [5, 5.41) is 0. The van der Waals surface area contributed by atoms with Crippen LogP contribution in [0.15, 0.2) is 24.3 Å². The van der Waals surface area contributed by atoms with E-state index >= 15 is 0 Å². The lowest BCUT2D eigenvalue weighted by Gasteiger charge is -2.34. The van der Waals surface area contributed by atoms with E-state index in [9.17, 15) is 9.59 Å². The van der Waals surface area contributed by atoms with E-state index in [2.05, 4.69) is 6.26 Å². The topological polar surface area (TPSA) is 40.6 Å². The molecular weight excluding hydrogens is 272 g/mol. The fourth-order valence-electron chi connectivity index (χ4n) is 2.32. The fourth-order valence-corrected chi connectivity index (χ4v) is 2.84. The Kier molecular flexibility index (Phi) is 5.06. The summed E-state index contributed by atoms with van der Waals surface area (Å²) in [5.74, 6) is 1.11. The lowest BCUT2D eigenvalue weighted by atomic mass is 10.1. The summed E-state index contributed by atoms with van der Waals surface area (Å²) >= 11 is 1.77. The number of carbonyl (C=O) groups is 2. The number of thioether (sulfide) groups is 1. The maximum atomic E-state index is 12.4. The average molecular weight is 292 g/mol. The number of hydrogen-bond donors (Lipinski definition) is 0. The summed E-state index contributed by atoms with van der Waals surface area (Å²) in [6, 6.07) is 7.81. The molecular formula is C15H20N2O2S. The molecule has 0 bridgehead atoms. The van der Waals surface area contributed by atoms with Gasteiger partial charge in [-0.05, 0) is 24.0 Å². The van der Waals surface area contributed by atoms with Gasteiger partial charge in [-0.2, -0.15) is 11.8 Å². The van der Waals surface area contributed by atoms with Crippen LogP contribution in [0.3, 0.4) is 0 Å². The van der Waals surface area contributed by atoms with Crippen LogP contribution in [0.25, 0.3) is 0 Å². The number of rotatable bonds is 3. The summed E-state index contributed by atoms with van der Waals surface area (Å²) < 4.78 is 0. The van der Waals surface area contributed by atoms with Crippen LogP contribution in [-0.4, -0.2) is 54.0 Å². The molecule has 0 N–H and O–H groups in total. The summed E-state index contributed by atoms with van der Waals surface area (Å²) in [4.78, 5) is 27.2. The molecule has 1 aromatic carbocycles. The second-order valence-electron chi connectivity index (χ2n) is 4.93. The van der Waals surface area contributed by atoms with Gasteiger partial charge in [0.25, 0.3) is 5.91 Å². The Balaban J connectivity index is 1.96. The summed E-state index contributed by atoms with van der Waals surface area (Å²) in [7, 11) is 0. The van der Waals surface area contributed by atoms with Gasteiger partial charge in [-0.1, -0.05) is 12.1 Å². The normalized spacial score (nSPS) is 15.3. The first-order chi connectivity index (χ1) is 9.61. The standard InChI is InChI=1S/C15H20N2O2S/c1-12(18)16-7-9-17(10-8-16)15(19)14-5-3-13(4-6-14)11-20-2/h3-6H,7-11H2,1-2H3. The molecule has 5 heteroatoms. The molecule has 0 unspecified atom stereocenters. The Morgan fingerprint density at radius 2 is 1.60 bits per heavy atom. The van der Waals surface area contributed by atoms with Crippen molar-refractivity contribution >= 4 is 23.6 Å². The molecule has 2 amide bonds. The van der Waals surface area contributed by atoms with Crippen LogP contribution in [0.4, 0.5) is 0 Å². The zero-order valence-electron chi connectivity index (χ0n) is 12.0. The van der Waals surface area contributed by atoms with Gasteiger partial charge in [-0.25, -0.2) is 0 Å². The maximum absolute atomic E-state index is 12.4.